The maximum absolute atomic E-state index is 12.1. The first-order chi connectivity index (χ1) is 9.37. The van der Waals surface area contributed by atoms with Gasteiger partial charge in [-0.25, -0.2) is 0 Å². The van der Waals surface area contributed by atoms with Gasteiger partial charge in [0.2, 0.25) is 5.91 Å². The van der Waals surface area contributed by atoms with E-state index in [4.69, 9.17) is 5.73 Å². The Balaban J connectivity index is 4.37. The molecule has 0 bridgehead atoms. The maximum Gasteiger partial charge on any atom is 0.224 e. The Morgan fingerprint density at radius 1 is 1.10 bits per heavy atom. The molecule has 4 nitrogen and oxygen atoms in total. The summed E-state index contributed by atoms with van der Waals surface area (Å²) < 4.78 is 0. The summed E-state index contributed by atoms with van der Waals surface area (Å²) in [7, 11) is 0. The van der Waals surface area contributed by atoms with Gasteiger partial charge in [-0.15, -0.1) is 0 Å². The number of carbonyl (C=O) groups excluding carboxylic acids is 1. The van der Waals surface area contributed by atoms with E-state index >= 15 is 0 Å². The molecule has 0 aliphatic rings. The lowest BCUT2D eigenvalue weighted by atomic mass is 9.85. The zero-order valence-electron chi connectivity index (χ0n) is 14.3. The summed E-state index contributed by atoms with van der Waals surface area (Å²) >= 11 is 0. The van der Waals surface area contributed by atoms with Crippen molar-refractivity contribution in [1.29, 1.82) is 0 Å². The van der Waals surface area contributed by atoms with Crippen molar-refractivity contribution < 1.29 is 4.79 Å². The van der Waals surface area contributed by atoms with Crippen molar-refractivity contribution in [3.8, 4) is 0 Å². The summed E-state index contributed by atoms with van der Waals surface area (Å²) in [6, 6.07) is 0.0862. The van der Waals surface area contributed by atoms with Gasteiger partial charge in [0.05, 0.1) is 0 Å². The molecule has 1 unspecified atom stereocenters. The molecule has 0 saturated carbocycles. The van der Waals surface area contributed by atoms with Crippen LogP contribution in [-0.2, 0) is 4.79 Å². The highest BCUT2D eigenvalue weighted by Crippen LogP contribution is 2.19. The Labute approximate surface area is 125 Å². The van der Waals surface area contributed by atoms with E-state index in [1.165, 1.54) is 0 Å². The van der Waals surface area contributed by atoms with Gasteiger partial charge in [-0.3, -0.25) is 4.79 Å². The Bertz CT molecular complexity index is 254. The summed E-state index contributed by atoms with van der Waals surface area (Å²) in [5.41, 5.74) is 5.81. The van der Waals surface area contributed by atoms with Gasteiger partial charge in [0.1, 0.15) is 0 Å². The van der Waals surface area contributed by atoms with Gasteiger partial charge in [-0.1, -0.05) is 27.7 Å². The summed E-state index contributed by atoms with van der Waals surface area (Å²) in [4.78, 5) is 14.0. The predicted molar refractivity (Wildman–Crippen MR) is 86.6 cm³/mol. The van der Waals surface area contributed by atoms with Crippen molar-refractivity contribution in [3.63, 3.8) is 0 Å². The molecule has 0 fully saturated rings. The molecule has 1 atom stereocenters. The third-order valence-corrected chi connectivity index (χ3v) is 4.18. The number of carbonyl (C=O) groups is 1. The number of nitrogens with two attached hydrogens (primary N) is 1. The van der Waals surface area contributed by atoms with Gasteiger partial charge in [-0.2, -0.15) is 0 Å². The van der Waals surface area contributed by atoms with Gasteiger partial charge in [0.15, 0.2) is 0 Å². The maximum atomic E-state index is 12.1. The Morgan fingerprint density at radius 3 is 1.95 bits per heavy atom. The smallest absolute Gasteiger partial charge is 0.224 e. The van der Waals surface area contributed by atoms with E-state index < -0.39 is 0 Å². The molecule has 0 spiro atoms. The number of amides is 1. The zero-order chi connectivity index (χ0) is 15.7. The fourth-order valence-corrected chi connectivity index (χ4v) is 2.70. The topological polar surface area (TPSA) is 58.4 Å². The minimum atomic E-state index is 0.0862. The molecule has 0 radical (unpaired) electrons. The summed E-state index contributed by atoms with van der Waals surface area (Å²) in [6.07, 6.45) is 0.501. The van der Waals surface area contributed by atoms with Crippen LogP contribution in [0.2, 0.25) is 0 Å². The quantitative estimate of drug-likeness (QED) is 0.646. The first-order valence-corrected chi connectivity index (χ1v) is 8.08. The molecule has 0 heterocycles. The summed E-state index contributed by atoms with van der Waals surface area (Å²) in [6.45, 7) is 16.0. The molecule has 120 valence electrons. The number of nitrogens with zero attached hydrogens (tertiary/aromatic N) is 1. The Kier molecular flexibility index (Phi) is 9.86. The van der Waals surface area contributed by atoms with Crippen LogP contribution in [0.4, 0.5) is 0 Å². The molecule has 1 amide bonds. The fourth-order valence-electron chi connectivity index (χ4n) is 2.70. The molecule has 0 aliphatic carbocycles. The summed E-state index contributed by atoms with van der Waals surface area (Å²) in [5, 5.41) is 3.49. The highest BCUT2D eigenvalue weighted by molar-refractivity contribution is 5.76. The highest BCUT2D eigenvalue weighted by atomic mass is 16.2. The molecular weight excluding hydrogens is 250 g/mol. The van der Waals surface area contributed by atoms with E-state index in [1.807, 2.05) is 18.7 Å². The van der Waals surface area contributed by atoms with Crippen LogP contribution in [0.5, 0.6) is 0 Å². The van der Waals surface area contributed by atoms with E-state index in [9.17, 15) is 4.79 Å². The number of hydrogen-bond acceptors (Lipinski definition) is 3. The van der Waals surface area contributed by atoms with Gasteiger partial charge >= 0.3 is 0 Å². The van der Waals surface area contributed by atoms with Crippen molar-refractivity contribution in [2.75, 3.05) is 26.2 Å². The fraction of sp³-hybridized carbons (Fsp3) is 0.938. The highest BCUT2D eigenvalue weighted by Gasteiger charge is 2.21. The van der Waals surface area contributed by atoms with Gasteiger partial charge in [0, 0.05) is 32.1 Å². The van der Waals surface area contributed by atoms with E-state index in [2.05, 4.69) is 33.0 Å². The van der Waals surface area contributed by atoms with Gasteiger partial charge in [0.25, 0.3) is 0 Å². The molecule has 0 aromatic heterocycles. The standard InChI is InChI=1S/C16H35N3O/c1-7-19(8-2)16(20)9-14(10-17)18-11-15(12(3)4)13(5)6/h12-15,18H,7-11,17H2,1-6H3. The molecule has 0 aromatic rings. The van der Waals surface area contributed by atoms with Crippen LogP contribution in [0.15, 0.2) is 0 Å². The van der Waals surface area contributed by atoms with Crippen molar-refractivity contribution in [2.45, 2.75) is 54.0 Å². The SMILES string of the molecule is CCN(CC)C(=O)CC(CN)NCC(C(C)C)C(C)C. The molecular formula is C16H35N3O. The molecule has 0 aliphatic heterocycles. The van der Waals surface area contributed by atoms with Crippen molar-refractivity contribution in [2.24, 2.45) is 23.5 Å². The van der Waals surface area contributed by atoms with Crippen LogP contribution in [0.1, 0.15) is 48.0 Å². The van der Waals surface area contributed by atoms with Gasteiger partial charge < -0.3 is 16.0 Å². The Morgan fingerprint density at radius 2 is 1.60 bits per heavy atom. The average molecular weight is 285 g/mol. The second kappa shape index (κ2) is 10.2. The van der Waals surface area contributed by atoms with E-state index in [0.29, 0.717) is 30.7 Å². The lowest BCUT2D eigenvalue weighted by Crippen LogP contribution is -2.44. The predicted octanol–water partition coefficient (Wildman–Crippen LogP) is 2.09. The monoisotopic (exact) mass is 285 g/mol. The zero-order valence-corrected chi connectivity index (χ0v) is 14.3. The first kappa shape index (κ1) is 19.4. The van der Waals surface area contributed by atoms with Crippen LogP contribution >= 0.6 is 0 Å². The molecule has 0 aromatic carbocycles. The van der Waals surface area contributed by atoms with E-state index in [0.717, 1.165) is 19.6 Å². The van der Waals surface area contributed by atoms with Crippen LogP contribution in [-0.4, -0.2) is 43.0 Å². The summed E-state index contributed by atoms with van der Waals surface area (Å²) in [5.74, 6) is 2.09. The van der Waals surface area contributed by atoms with Crippen LogP contribution in [0.3, 0.4) is 0 Å². The van der Waals surface area contributed by atoms with E-state index in [-0.39, 0.29) is 11.9 Å². The van der Waals surface area contributed by atoms with Crippen LogP contribution < -0.4 is 11.1 Å². The number of nitrogens with one attached hydrogen (secondary N) is 1. The van der Waals surface area contributed by atoms with Gasteiger partial charge in [-0.05, 0) is 38.1 Å². The second-order valence-corrected chi connectivity index (χ2v) is 6.26. The van der Waals surface area contributed by atoms with Crippen molar-refractivity contribution in [3.05, 3.63) is 0 Å². The van der Waals surface area contributed by atoms with Crippen LogP contribution in [0.25, 0.3) is 0 Å². The first-order valence-electron chi connectivity index (χ1n) is 8.08. The van der Waals surface area contributed by atoms with E-state index in [1.54, 1.807) is 0 Å². The molecule has 3 N–H and O–H groups in total. The molecule has 20 heavy (non-hydrogen) atoms. The third kappa shape index (κ3) is 6.71. The second-order valence-electron chi connectivity index (χ2n) is 6.26. The lowest BCUT2D eigenvalue weighted by molar-refractivity contribution is -0.131. The normalized spacial score (nSPS) is 13.3. The van der Waals surface area contributed by atoms with Crippen LogP contribution in [0, 0.1) is 17.8 Å². The number of rotatable bonds is 10. The average Bonchev–Trinajstić information content (AvgIpc) is 2.38. The van der Waals surface area contributed by atoms with Crippen molar-refractivity contribution in [1.82, 2.24) is 10.2 Å². The third-order valence-electron chi connectivity index (χ3n) is 4.18. The lowest BCUT2D eigenvalue weighted by Gasteiger charge is -2.28. The molecule has 4 heteroatoms. The minimum Gasteiger partial charge on any atom is -0.343 e. The largest absolute Gasteiger partial charge is 0.343 e. The minimum absolute atomic E-state index is 0.0862. The molecule has 0 saturated heterocycles. The molecule has 0 rings (SSSR count). The van der Waals surface area contributed by atoms with Crippen molar-refractivity contribution >= 4 is 5.91 Å². The number of hydrogen-bond donors (Lipinski definition) is 2. The Hall–Kier alpha value is -0.610.